The molecular weight excluding hydrogens is 371 g/mol. The zero-order chi connectivity index (χ0) is 19.8. The number of nitrogens with one attached hydrogen (secondary N) is 1. The number of anilines is 1. The molecule has 0 bridgehead atoms. The maximum atomic E-state index is 13.1. The summed E-state index contributed by atoms with van der Waals surface area (Å²) in [6, 6.07) is 11.7. The van der Waals surface area contributed by atoms with Crippen molar-refractivity contribution in [3.05, 3.63) is 78.8 Å². The summed E-state index contributed by atoms with van der Waals surface area (Å²) in [7, 11) is 0. The number of amides is 1. The van der Waals surface area contributed by atoms with Gasteiger partial charge in [0.05, 0.1) is 11.2 Å². The van der Waals surface area contributed by atoms with Gasteiger partial charge in [0.25, 0.3) is 5.91 Å². The molecule has 3 aromatic heterocycles. The van der Waals surface area contributed by atoms with Gasteiger partial charge in [-0.25, -0.2) is 14.1 Å². The van der Waals surface area contributed by atoms with Crippen LogP contribution in [0.2, 0.25) is 0 Å². The third-order valence-electron chi connectivity index (χ3n) is 5.17. The van der Waals surface area contributed by atoms with Crippen molar-refractivity contribution in [1.29, 1.82) is 0 Å². The van der Waals surface area contributed by atoms with E-state index < -0.39 is 0 Å². The van der Waals surface area contributed by atoms with Crippen molar-refractivity contribution in [3.63, 3.8) is 0 Å². The van der Waals surface area contributed by atoms with Gasteiger partial charge in [0, 0.05) is 43.9 Å². The Balaban J connectivity index is 1.26. The Morgan fingerprint density at radius 1 is 1.10 bits per heavy atom. The Bertz CT molecular complexity index is 1170. The Hall–Kier alpha value is -3.68. The number of rotatable bonds is 4. The Morgan fingerprint density at radius 3 is 2.83 bits per heavy atom. The lowest BCUT2D eigenvalue weighted by molar-refractivity contribution is 0.0935. The van der Waals surface area contributed by atoms with Gasteiger partial charge in [-0.15, -0.1) is 0 Å². The average Bonchev–Trinajstić information content (AvgIpc) is 3.48. The predicted molar refractivity (Wildman–Crippen MR) is 107 cm³/mol. The maximum Gasteiger partial charge on any atom is 0.272 e. The molecule has 4 heterocycles. The number of fused-ring (bicyclic) bond motifs is 1. The number of aromatic nitrogens is 4. The fraction of sp³-hybridized carbons (Fsp3) is 0.190. The monoisotopic (exact) mass is 390 g/mol. The van der Waals surface area contributed by atoms with Crippen molar-refractivity contribution < 1.29 is 9.18 Å². The summed E-state index contributed by atoms with van der Waals surface area (Å²) in [5.41, 5.74) is 2.08. The van der Waals surface area contributed by atoms with Crippen LogP contribution in [0.15, 0.2) is 67.3 Å². The number of nitrogens with zero attached hydrogens (tertiary/aromatic N) is 5. The highest BCUT2D eigenvalue weighted by atomic mass is 19.1. The van der Waals surface area contributed by atoms with Crippen molar-refractivity contribution >= 4 is 17.2 Å². The maximum absolute atomic E-state index is 13.1. The smallest absolute Gasteiger partial charge is 0.272 e. The minimum absolute atomic E-state index is 0.0236. The van der Waals surface area contributed by atoms with E-state index in [0.29, 0.717) is 17.9 Å². The first kappa shape index (κ1) is 17.4. The highest BCUT2D eigenvalue weighted by Crippen LogP contribution is 2.23. The quantitative estimate of drug-likeness (QED) is 0.582. The molecule has 1 N–H and O–H groups in total. The Labute approximate surface area is 166 Å². The summed E-state index contributed by atoms with van der Waals surface area (Å²) in [5, 5.41) is 7.38. The number of benzene rings is 1. The fourth-order valence-corrected chi connectivity index (χ4v) is 3.71. The first-order valence-corrected chi connectivity index (χ1v) is 9.46. The molecule has 0 radical (unpaired) electrons. The second-order valence-electron chi connectivity index (χ2n) is 7.08. The van der Waals surface area contributed by atoms with Crippen LogP contribution in [0.1, 0.15) is 16.9 Å². The van der Waals surface area contributed by atoms with Gasteiger partial charge in [0.15, 0.2) is 11.5 Å². The topological polar surface area (TPSA) is 67.5 Å². The lowest BCUT2D eigenvalue weighted by Crippen LogP contribution is -2.37. The van der Waals surface area contributed by atoms with E-state index in [1.54, 1.807) is 35.3 Å². The minimum Gasteiger partial charge on any atom is -0.353 e. The number of hydrogen-bond acceptors (Lipinski definition) is 4. The second-order valence-corrected chi connectivity index (χ2v) is 7.08. The van der Waals surface area contributed by atoms with Crippen LogP contribution < -0.4 is 10.2 Å². The van der Waals surface area contributed by atoms with E-state index in [4.69, 9.17) is 0 Å². The molecular formula is C21H19FN6O. The second kappa shape index (κ2) is 7.05. The molecule has 1 atom stereocenters. The summed E-state index contributed by atoms with van der Waals surface area (Å²) in [6.07, 6.45) is 8.24. The van der Waals surface area contributed by atoms with E-state index in [-0.39, 0.29) is 17.8 Å². The Morgan fingerprint density at radius 2 is 1.97 bits per heavy atom. The van der Waals surface area contributed by atoms with E-state index in [1.165, 1.54) is 12.1 Å². The molecule has 1 saturated heterocycles. The third-order valence-corrected chi connectivity index (χ3v) is 5.17. The van der Waals surface area contributed by atoms with E-state index in [0.717, 1.165) is 24.3 Å². The summed E-state index contributed by atoms with van der Waals surface area (Å²) >= 11 is 0. The van der Waals surface area contributed by atoms with Crippen molar-refractivity contribution in [2.45, 2.75) is 12.5 Å². The molecule has 0 spiro atoms. The van der Waals surface area contributed by atoms with Crippen molar-refractivity contribution in [2.75, 3.05) is 18.0 Å². The summed E-state index contributed by atoms with van der Waals surface area (Å²) in [4.78, 5) is 19.3. The minimum atomic E-state index is -0.310. The zero-order valence-electron chi connectivity index (χ0n) is 15.6. The SMILES string of the molecule is O=C(NC1CCN(c2nccn3cccc23)C1)c1ccn(-c2ccc(F)cc2)n1. The number of carbonyl (C=O) groups is 1. The molecule has 1 unspecified atom stereocenters. The summed E-state index contributed by atoms with van der Waals surface area (Å²) in [5.74, 6) is 0.399. The van der Waals surface area contributed by atoms with Crippen molar-refractivity contribution in [3.8, 4) is 5.69 Å². The summed E-state index contributed by atoms with van der Waals surface area (Å²) < 4.78 is 16.7. The first-order chi connectivity index (χ1) is 14.2. The van der Waals surface area contributed by atoms with Crippen LogP contribution in [0.3, 0.4) is 0 Å². The number of carbonyl (C=O) groups excluding carboxylic acids is 1. The molecule has 1 aromatic carbocycles. The predicted octanol–water partition coefficient (Wildman–Crippen LogP) is 2.67. The normalized spacial score (nSPS) is 16.4. The first-order valence-electron chi connectivity index (χ1n) is 9.46. The van der Waals surface area contributed by atoms with Crippen LogP contribution in [-0.4, -0.2) is 44.2 Å². The van der Waals surface area contributed by atoms with Crippen LogP contribution >= 0.6 is 0 Å². The largest absolute Gasteiger partial charge is 0.353 e. The number of halogens is 1. The molecule has 0 saturated carbocycles. The zero-order valence-corrected chi connectivity index (χ0v) is 15.6. The lowest BCUT2D eigenvalue weighted by atomic mass is 10.2. The van der Waals surface area contributed by atoms with Gasteiger partial charge in [0.1, 0.15) is 5.82 Å². The molecule has 1 aliphatic heterocycles. The third kappa shape index (κ3) is 3.33. The Kier molecular flexibility index (Phi) is 4.23. The van der Waals surface area contributed by atoms with E-state index in [9.17, 15) is 9.18 Å². The van der Waals surface area contributed by atoms with Gasteiger partial charge in [-0.2, -0.15) is 5.10 Å². The molecule has 4 aromatic rings. The van der Waals surface area contributed by atoms with Crippen LogP contribution in [0.25, 0.3) is 11.2 Å². The molecule has 5 rings (SSSR count). The molecule has 1 fully saturated rings. The van der Waals surface area contributed by atoms with Gasteiger partial charge in [-0.05, 0) is 48.9 Å². The standard InChI is InChI=1S/C21H19FN6O/c22-15-3-5-17(6-4-15)28-12-8-18(25-28)21(29)24-16-7-11-27(14-16)20-19-2-1-10-26(19)13-9-23-20/h1-6,8-10,12-13,16H,7,11,14H2,(H,24,29). The van der Waals surface area contributed by atoms with Crippen LogP contribution in [0.5, 0.6) is 0 Å². The van der Waals surface area contributed by atoms with Gasteiger partial charge in [0.2, 0.25) is 0 Å². The van der Waals surface area contributed by atoms with Crippen molar-refractivity contribution in [1.82, 2.24) is 24.5 Å². The molecule has 1 aliphatic rings. The molecule has 29 heavy (non-hydrogen) atoms. The average molecular weight is 390 g/mol. The van der Waals surface area contributed by atoms with Gasteiger partial charge in [-0.1, -0.05) is 0 Å². The summed E-state index contributed by atoms with van der Waals surface area (Å²) in [6.45, 7) is 1.52. The molecule has 8 heteroatoms. The van der Waals surface area contributed by atoms with E-state index in [1.807, 2.05) is 28.9 Å². The van der Waals surface area contributed by atoms with Gasteiger partial charge in [-0.3, -0.25) is 4.79 Å². The van der Waals surface area contributed by atoms with E-state index in [2.05, 4.69) is 20.3 Å². The molecule has 146 valence electrons. The van der Waals surface area contributed by atoms with Crippen LogP contribution in [-0.2, 0) is 0 Å². The van der Waals surface area contributed by atoms with Crippen LogP contribution in [0.4, 0.5) is 10.2 Å². The molecule has 0 aliphatic carbocycles. The fourth-order valence-electron chi connectivity index (χ4n) is 3.71. The number of hydrogen-bond donors (Lipinski definition) is 1. The highest BCUT2D eigenvalue weighted by Gasteiger charge is 2.27. The van der Waals surface area contributed by atoms with Crippen LogP contribution in [0, 0.1) is 5.82 Å². The molecule has 7 nitrogen and oxygen atoms in total. The van der Waals surface area contributed by atoms with Crippen molar-refractivity contribution in [2.24, 2.45) is 0 Å². The van der Waals surface area contributed by atoms with E-state index >= 15 is 0 Å². The molecule has 1 amide bonds. The highest BCUT2D eigenvalue weighted by molar-refractivity contribution is 5.92. The van der Waals surface area contributed by atoms with Gasteiger partial charge >= 0.3 is 0 Å². The lowest BCUT2D eigenvalue weighted by Gasteiger charge is -2.18. The van der Waals surface area contributed by atoms with Gasteiger partial charge < -0.3 is 14.6 Å².